The Morgan fingerprint density at radius 2 is 1.63 bits per heavy atom. The van der Waals surface area contributed by atoms with Gasteiger partial charge >= 0.3 is 0 Å². The maximum Gasteiger partial charge on any atom is 0.261 e. The number of rotatable bonds is 10. The molecule has 12 heteroatoms. The van der Waals surface area contributed by atoms with Crippen LogP contribution in [0.4, 0.5) is 10.8 Å². The van der Waals surface area contributed by atoms with Crippen LogP contribution in [0.5, 0.6) is 11.5 Å². The van der Waals surface area contributed by atoms with Crippen molar-refractivity contribution in [1.29, 1.82) is 0 Å². The van der Waals surface area contributed by atoms with E-state index in [0.717, 1.165) is 58.6 Å². The smallest absolute Gasteiger partial charge is 0.261 e. The number of benzene rings is 3. The molecule has 3 aromatic carbocycles. The zero-order valence-corrected chi connectivity index (χ0v) is 24.8. The Labute approximate surface area is 243 Å². The number of nitrogens with zero attached hydrogens (tertiary/aromatic N) is 3. The highest BCUT2D eigenvalue weighted by atomic mass is 32.2. The van der Waals surface area contributed by atoms with E-state index in [9.17, 15) is 13.2 Å². The van der Waals surface area contributed by atoms with Gasteiger partial charge < -0.3 is 19.7 Å². The summed E-state index contributed by atoms with van der Waals surface area (Å²) in [6.07, 6.45) is 0. The molecule has 10 nitrogen and oxygen atoms in total. The van der Waals surface area contributed by atoms with Crippen LogP contribution in [0.15, 0.2) is 65.6 Å². The molecule has 1 amide bonds. The van der Waals surface area contributed by atoms with Gasteiger partial charge in [-0.25, -0.2) is 13.4 Å². The zero-order chi connectivity index (χ0) is 29.0. The number of carbonyl (C=O) groups is 1. The largest absolute Gasteiger partial charge is 0.495 e. The molecule has 0 atom stereocenters. The molecule has 0 bridgehead atoms. The lowest BCUT2D eigenvalue weighted by atomic mass is 10.1. The number of sulfonamides is 1. The highest BCUT2D eigenvalue weighted by Crippen LogP contribution is 2.40. The monoisotopic (exact) mass is 595 g/mol. The minimum absolute atomic E-state index is 0.140. The predicted octanol–water partition coefficient (Wildman–Crippen LogP) is 3.97. The standard InChI is InChI=1S/C29H33N5O5S2/c1-20-8-10-21(11-9-20)41(36,37)32-23-7-5-4-6-22(23)28(35)30-14-15-33-16-18-34(19-17-33)29-31-26-24(38-2)12-13-25(39-3)27(26)40-29/h4-13,32H,14-19H2,1-3H3,(H,30,35). The third-order valence-corrected chi connectivity index (χ3v) is 9.51. The van der Waals surface area contributed by atoms with E-state index in [-0.39, 0.29) is 22.1 Å². The van der Waals surface area contributed by atoms with E-state index < -0.39 is 10.0 Å². The van der Waals surface area contributed by atoms with Crippen molar-refractivity contribution >= 4 is 48.3 Å². The maximum atomic E-state index is 13.0. The van der Waals surface area contributed by atoms with Crippen molar-refractivity contribution in [1.82, 2.24) is 15.2 Å². The Morgan fingerprint density at radius 1 is 0.951 bits per heavy atom. The number of amides is 1. The maximum absolute atomic E-state index is 13.0. The Bertz CT molecular complexity index is 1590. The van der Waals surface area contributed by atoms with E-state index in [1.165, 1.54) is 0 Å². The quantitative estimate of drug-likeness (QED) is 0.283. The van der Waals surface area contributed by atoms with Gasteiger partial charge in [-0.15, -0.1) is 0 Å². The Hall–Kier alpha value is -3.87. The summed E-state index contributed by atoms with van der Waals surface area (Å²) in [5.74, 6) is 1.17. The molecule has 0 saturated carbocycles. The van der Waals surface area contributed by atoms with E-state index in [1.54, 1.807) is 74.1 Å². The lowest BCUT2D eigenvalue weighted by Crippen LogP contribution is -2.48. The van der Waals surface area contributed by atoms with Crippen LogP contribution < -0.4 is 24.4 Å². The molecule has 41 heavy (non-hydrogen) atoms. The van der Waals surface area contributed by atoms with Crippen molar-refractivity contribution in [3.05, 3.63) is 71.8 Å². The van der Waals surface area contributed by atoms with Gasteiger partial charge in [0.2, 0.25) is 0 Å². The summed E-state index contributed by atoms with van der Waals surface area (Å²) in [4.78, 5) is 22.5. The van der Waals surface area contributed by atoms with Gasteiger partial charge in [0.15, 0.2) is 5.13 Å². The summed E-state index contributed by atoms with van der Waals surface area (Å²) in [6.45, 7) is 6.27. The van der Waals surface area contributed by atoms with Crippen molar-refractivity contribution in [3.8, 4) is 11.5 Å². The number of para-hydroxylation sites is 1. The van der Waals surface area contributed by atoms with Gasteiger partial charge in [-0.05, 0) is 43.3 Å². The van der Waals surface area contributed by atoms with Gasteiger partial charge in [0.1, 0.15) is 21.7 Å². The number of methoxy groups -OCH3 is 2. The summed E-state index contributed by atoms with van der Waals surface area (Å²) in [7, 11) is -0.537. The highest BCUT2D eigenvalue weighted by molar-refractivity contribution is 7.92. The van der Waals surface area contributed by atoms with Crippen LogP contribution in [-0.2, 0) is 10.0 Å². The average molecular weight is 596 g/mol. The number of hydrogen-bond donors (Lipinski definition) is 2. The second kappa shape index (κ2) is 12.3. The Kier molecular flexibility index (Phi) is 8.62. The van der Waals surface area contributed by atoms with E-state index in [0.29, 0.717) is 13.1 Å². The third kappa shape index (κ3) is 6.39. The third-order valence-electron chi connectivity index (χ3n) is 7.00. The molecule has 1 aromatic heterocycles. The molecular weight excluding hydrogens is 562 g/mol. The normalized spacial score (nSPS) is 14.2. The lowest BCUT2D eigenvalue weighted by molar-refractivity contribution is 0.0948. The van der Waals surface area contributed by atoms with E-state index >= 15 is 0 Å². The van der Waals surface area contributed by atoms with Crippen molar-refractivity contribution in [2.24, 2.45) is 0 Å². The van der Waals surface area contributed by atoms with Crippen LogP contribution in [0.2, 0.25) is 0 Å². The zero-order valence-electron chi connectivity index (χ0n) is 23.2. The summed E-state index contributed by atoms with van der Waals surface area (Å²) in [5, 5.41) is 3.87. The first kappa shape index (κ1) is 28.7. The molecule has 2 heterocycles. The molecule has 1 aliphatic rings. The number of piperazine rings is 1. The Morgan fingerprint density at radius 3 is 2.34 bits per heavy atom. The SMILES string of the molecule is COc1ccc(OC)c2sc(N3CCN(CCNC(=O)c4ccccc4NS(=O)(=O)c4ccc(C)cc4)CC3)nc12. The fourth-order valence-electron chi connectivity index (χ4n) is 4.69. The minimum Gasteiger partial charge on any atom is -0.495 e. The number of nitrogens with one attached hydrogen (secondary N) is 2. The van der Waals surface area contributed by atoms with Gasteiger partial charge in [0, 0.05) is 39.3 Å². The van der Waals surface area contributed by atoms with E-state index in [2.05, 4.69) is 19.8 Å². The first-order chi connectivity index (χ1) is 19.8. The number of anilines is 2. The number of thiazole rings is 1. The molecule has 1 aliphatic heterocycles. The van der Waals surface area contributed by atoms with Gasteiger partial charge in [0.05, 0.1) is 30.4 Å². The molecule has 1 saturated heterocycles. The number of carbonyl (C=O) groups excluding carboxylic acids is 1. The highest BCUT2D eigenvalue weighted by Gasteiger charge is 2.23. The predicted molar refractivity (Wildman–Crippen MR) is 162 cm³/mol. The molecule has 0 aliphatic carbocycles. The summed E-state index contributed by atoms with van der Waals surface area (Å²) >= 11 is 1.59. The van der Waals surface area contributed by atoms with Crippen LogP contribution >= 0.6 is 11.3 Å². The minimum atomic E-state index is -3.83. The fraction of sp³-hybridized carbons (Fsp3) is 0.310. The molecule has 2 N–H and O–H groups in total. The average Bonchev–Trinajstić information content (AvgIpc) is 3.43. The lowest BCUT2D eigenvalue weighted by Gasteiger charge is -2.34. The van der Waals surface area contributed by atoms with Crippen LogP contribution in [0.3, 0.4) is 0 Å². The van der Waals surface area contributed by atoms with Crippen LogP contribution in [0.25, 0.3) is 10.2 Å². The first-order valence-corrected chi connectivity index (χ1v) is 15.5. The molecule has 0 unspecified atom stereocenters. The summed E-state index contributed by atoms with van der Waals surface area (Å²) < 4.78 is 40.3. The first-order valence-electron chi connectivity index (χ1n) is 13.2. The van der Waals surface area contributed by atoms with Gasteiger partial charge in [-0.1, -0.05) is 41.2 Å². The second-order valence-electron chi connectivity index (χ2n) is 9.69. The molecular formula is C29H33N5O5S2. The van der Waals surface area contributed by atoms with Crippen molar-refractivity contribution in [2.75, 3.05) is 63.1 Å². The fourth-order valence-corrected chi connectivity index (χ4v) is 6.89. The van der Waals surface area contributed by atoms with Crippen LogP contribution in [0.1, 0.15) is 15.9 Å². The molecule has 0 spiro atoms. The Balaban J connectivity index is 1.15. The van der Waals surface area contributed by atoms with Crippen LogP contribution in [-0.4, -0.2) is 77.7 Å². The van der Waals surface area contributed by atoms with Gasteiger partial charge in [-0.3, -0.25) is 14.4 Å². The second-order valence-corrected chi connectivity index (χ2v) is 12.4. The topological polar surface area (TPSA) is 113 Å². The number of aromatic nitrogens is 1. The molecule has 4 aromatic rings. The van der Waals surface area contributed by atoms with Crippen molar-refractivity contribution in [2.45, 2.75) is 11.8 Å². The number of aryl methyl sites for hydroxylation is 1. The van der Waals surface area contributed by atoms with Crippen molar-refractivity contribution < 1.29 is 22.7 Å². The van der Waals surface area contributed by atoms with Crippen molar-refractivity contribution in [3.63, 3.8) is 0 Å². The number of fused-ring (bicyclic) bond motifs is 1. The van der Waals surface area contributed by atoms with Gasteiger partial charge in [0.25, 0.3) is 15.9 Å². The molecule has 216 valence electrons. The summed E-state index contributed by atoms with van der Waals surface area (Å²) in [6, 6.07) is 16.9. The molecule has 1 fully saturated rings. The van der Waals surface area contributed by atoms with Crippen LogP contribution in [0, 0.1) is 6.92 Å². The number of hydrogen-bond acceptors (Lipinski definition) is 9. The van der Waals surface area contributed by atoms with E-state index in [1.807, 2.05) is 19.1 Å². The van der Waals surface area contributed by atoms with Gasteiger partial charge in [-0.2, -0.15) is 0 Å². The van der Waals surface area contributed by atoms with E-state index in [4.69, 9.17) is 14.5 Å². The molecule has 0 radical (unpaired) electrons. The summed E-state index contributed by atoms with van der Waals surface area (Å²) in [5.41, 5.74) is 2.28. The number of ether oxygens (including phenoxy) is 2. The molecule has 5 rings (SSSR count).